The highest BCUT2D eigenvalue weighted by atomic mass is 15.1. The molecular formula is C11H21N3. The van der Waals surface area contributed by atoms with Crippen LogP contribution in [0.3, 0.4) is 0 Å². The fourth-order valence-electron chi connectivity index (χ4n) is 0.945. The van der Waals surface area contributed by atoms with Crippen LogP contribution in [0.1, 0.15) is 34.6 Å². The monoisotopic (exact) mass is 195 g/mol. The minimum atomic E-state index is -0.148. The Kier molecular flexibility index (Phi) is 4.49. The summed E-state index contributed by atoms with van der Waals surface area (Å²) in [6.07, 6.45) is 5.35. The lowest BCUT2D eigenvalue weighted by molar-refractivity contribution is 0.503. The van der Waals surface area contributed by atoms with E-state index < -0.39 is 0 Å². The molecule has 0 aliphatic carbocycles. The number of hydrogen-bond donors (Lipinski definition) is 2. The van der Waals surface area contributed by atoms with Gasteiger partial charge < -0.3 is 11.1 Å². The summed E-state index contributed by atoms with van der Waals surface area (Å²) in [5.41, 5.74) is 5.64. The van der Waals surface area contributed by atoms with Crippen LogP contribution < -0.4 is 11.1 Å². The fourth-order valence-corrected chi connectivity index (χ4v) is 0.945. The Morgan fingerprint density at radius 2 is 1.93 bits per heavy atom. The number of nitrogens with zero attached hydrogens (tertiary/aromatic N) is 1. The average molecular weight is 195 g/mol. The standard InChI is InChI=1S/C11H21N3/c1-7-9(8(2)3)13-10(12)14-11(4,5)6/h1,8-9H,2-6H3,(H3,12,13,14). The normalized spacial score (nSPS) is 15.1. The van der Waals surface area contributed by atoms with Crippen molar-refractivity contribution in [2.75, 3.05) is 0 Å². The van der Waals surface area contributed by atoms with Gasteiger partial charge in [0.1, 0.15) is 6.04 Å². The molecule has 80 valence electrons. The van der Waals surface area contributed by atoms with Crippen LogP contribution in [0.2, 0.25) is 0 Å². The maximum Gasteiger partial charge on any atom is 0.190 e. The van der Waals surface area contributed by atoms with Crippen molar-refractivity contribution in [3.63, 3.8) is 0 Å². The number of aliphatic imine (C=N–C) groups is 1. The second kappa shape index (κ2) is 4.90. The minimum Gasteiger partial charge on any atom is -0.370 e. The molecule has 0 saturated carbocycles. The van der Waals surface area contributed by atoms with Crippen LogP contribution in [0.15, 0.2) is 4.99 Å². The van der Waals surface area contributed by atoms with Crippen molar-refractivity contribution in [1.29, 1.82) is 0 Å². The van der Waals surface area contributed by atoms with Crippen molar-refractivity contribution in [2.45, 2.75) is 46.2 Å². The lowest BCUT2D eigenvalue weighted by atomic mass is 10.1. The van der Waals surface area contributed by atoms with Gasteiger partial charge in [0.15, 0.2) is 5.96 Å². The molecule has 0 amide bonds. The first-order valence-electron chi connectivity index (χ1n) is 4.84. The second-order valence-corrected chi connectivity index (χ2v) is 4.74. The quantitative estimate of drug-likeness (QED) is 0.397. The summed E-state index contributed by atoms with van der Waals surface area (Å²) in [4.78, 5) is 4.23. The summed E-state index contributed by atoms with van der Waals surface area (Å²) >= 11 is 0. The molecule has 0 spiro atoms. The Morgan fingerprint density at radius 3 is 2.21 bits per heavy atom. The molecule has 3 nitrogen and oxygen atoms in total. The van der Waals surface area contributed by atoms with Gasteiger partial charge in [-0.15, -0.1) is 6.42 Å². The Balaban J connectivity index is 4.44. The van der Waals surface area contributed by atoms with Gasteiger partial charge in [-0.2, -0.15) is 0 Å². The maximum absolute atomic E-state index is 5.72. The molecule has 0 heterocycles. The lowest BCUT2D eigenvalue weighted by Gasteiger charge is -2.22. The molecule has 0 aliphatic rings. The Hall–Kier alpha value is -1.17. The van der Waals surface area contributed by atoms with E-state index in [1.165, 1.54) is 0 Å². The summed E-state index contributed by atoms with van der Waals surface area (Å²) in [6.45, 7) is 10.1. The highest BCUT2D eigenvalue weighted by Crippen LogP contribution is 2.05. The summed E-state index contributed by atoms with van der Waals surface area (Å²) in [5, 5.41) is 3.07. The summed E-state index contributed by atoms with van der Waals surface area (Å²) in [5.74, 6) is 3.33. The lowest BCUT2D eigenvalue weighted by Crippen LogP contribution is -2.45. The van der Waals surface area contributed by atoms with E-state index in [9.17, 15) is 0 Å². The molecule has 0 bridgehead atoms. The predicted molar refractivity (Wildman–Crippen MR) is 62.0 cm³/mol. The first kappa shape index (κ1) is 12.8. The second-order valence-electron chi connectivity index (χ2n) is 4.74. The minimum absolute atomic E-state index is 0.0797. The molecule has 0 rings (SSSR count). The van der Waals surface area contributed by atoms with E-state index in [2.05, 4.69) is 16.2 Å². The van der Waals surface area contributed by atoms with Gasteiger partial charge in [-0.3, -0.25) is 0 Å². The molecule has 0 aromatic heterocycles. The number of terminal acetylenes is 1. The van der Waals surface area contributed by atoms with Gasteiger partial charge in [0, 0.05) is 5.54 Å². The van der Waals surface area contributed by atoms with Crippen molar-refractivity contribution in [1.82, 2.24) is 5.32 Å². The van der Waals surface area contributed by atoms with Crippen LogP contribution >= 0.6 is 0 Å². The highest BCUT2D eigenvalue weighted by molar-refractivity contribution is 5.78. The van der Waals surface area contributed by atoms with Gasteiger partial charge in [-0.25, -0.2) is 4.99 Å². The van der Waals surface area contributed by atoms with Gasteiger partial charge in [-0.05, 0) is 26.7 Å². The Labute approximate surface area is 87.2 Å². The molecule has 0 saturated heterocycles. The van der Waals surface area contributed by atoms with E-state index in [-0.39, 0.29) is 11.6 Å². The third-order valence-corrected chi connectivity index (χ3v) is 1.58. The average Bonchev–Trinajstić information content (AvgIpc) is 1.96. The van der Waals surface area contributed by atoms with Crippen LogP contribution in [0.4, 0.5) is 0 Å². The largest absolute Gasteiger partial charge is 0.370 e. The van der Waals surface area contributed by atoms with Gasteiger partial charge in [-0.1, -0.05) is 19.8 Å². The molecule has 0 aromatic carbocycles. The highest BCUT2D eigenvalue weighted by Gasteiger charge is 2.13. The van der Waals surface area contributed by atoms with E-state index >= 15 is 0 Å². The number of nitrogens with two attached hydrogens (primary N) is 1. The van der Waals surface area contributed by atoms with E-state index in [4.69, 9.17) is 12.2 Å². The fraction of sp³-hybridized carbons (Fsp3) is 0.727. The van der Waals surface area contributed by atoms with Crippen molar-refractivity contribution < 1.29 is 0 Å². The summed E-state index contributed by atoms with van der Waals surface area (Å²) in [6, 6.07) is -0.148. The van der Waals surface area contributed by atoms with Gasteiger partial charge in [0.2, 0.25) is 0 Å². The number of rotatable bonds is 2. The molecule has 3 heteroatoms. The van der Waals surface area contributed by atoms with Crippen molar-refractivity contribution >= 4 is 5.96 Å². The zero-order chi connectivity index (χ0) is 11.4. The maximum atomic E-state index is 5.72. The zero-order valence-corrected chi connectivity index (χ0v) is 9.76. The molecule has 1 atom stereocenters. The van der Waals surface area contributed by atoms with Gasteiger partial charge in [0.05, 0.1) is 0 Å². The first-order valence-corrected chi connectivity index (χ1v) is 4.84. The Bertz CT molecular complexity index is 240. The number of hydrogen-bond acceptors (Lipinski definition) is 1. The molecule has 0 fully saturated rings. The molecule has 3 N–H and O–H groups in total. The van der Waals surface area contributed by atoms with Crippen molar-refractivity contribution in [3.05, 3.63) is 0 Å². The van der Waals surface area contributed by atoms with Gasteiger partial charge in [0.25, 0.3) is 0 Å². The van der Waals surface area contributed by atoms with E-state index in [1.807, 2.05) is 34.6 Å². The topological polar surface area (TPSA) is 50.4 Å². The number of nitrogens with one attached hydrogen (secondary N) is 1. The van der Waals surface area contributed by atoms with Crippen molar-refractivity contribution in [2.24, 2.45) is 16.6 Å². The van der Waals surface area contributed by atoms with Crippen LogP contribution in [0.5, 0.6) is 0 Å². The van der Waals surface area contributed by atoms with Crippen LogP contribution in [0, 0.1) is 18.3 Å². The van der Waals surface area contributed by atoms with E-state index in [1.54, 1.807) is 0 Å². The molecule has 0 radical (unpaired) electrons. The van der Waals surface area contributed by atoms with E-state index in [0.717, 1.165) is 0 Å². The zero-order valence-electron chi connectivity index (χ0n) is 9.76. The predicted octanol–water partition coefficient (Wildman–Crippen LogP) is 1.35. The van der Waals surface area contributed by atoms with E-state index in [0.29, 0.717) is 11.9 Å². The third kappa shape index (κ3) is 5.47. The smallest absolute Gasteiger partial charge is 0.190 e. The molecule has 0 aliphatic heterocycles. The molecular weight excluding hydrogens is 174 g/mol. The van der Waals surface area contributed by atoms with Crippen molar-refractivity contribution in [3.8, 4) is 12.3 Å². The number of guanidine groups is 1. The first-order chi connectivity index (χ1) is 6.26. The Morgan fingerprint density at radius 1 is 1.43 bits per heavy atom. The molecule has 1 unspecified atom stereocenters. The van der Waals surface area contributed by atoms with Crippen LogP contribution in [-0.2, 0) is 0 Å². The molecule has 14 heavy (non-hydrogen) atoms. The SMILES string of the molecule is C#CC(N=C(N)NC(C)(C)C)C(C)C. The van der Waals surface area contributed by atoms with Crippen LogP contribution in [0.25, 0.3) is 0 Å². The summed E-state index contributed by atoms with van der Waals surface area (Å²) in [7, 11) is 0. The summed E-state index contributed by atoms with van der Waals surface area (Å²) < 4.78 is 0. The third-order valence-electron chi connectivity index (χ3n) is 1.58. The van der Waals surface area contributed by atoms with Gasteiger partial charge >= 0.3 is 0 Å². The molecule has 0 aromatic rings. The van der Waals surface area contributed by atoms with Crippen LogP contribution in [-0.4, -0.2) is 17.5 Å².